The third kappa shape index (κ3) is 6.75. The summed E-state index contributed by atoms with van der Waals surface area (Å²) < 4.78 is 27.5. The normalized spacial score (nSPS) is 17.5. The van der Waals surface area contributed by atoms with E-state index in [0.717, 1.165) is 43.1 Å². The van der Waals surface area contributed by atoms with E-state index >= 15 is 0 Å². The molecule has 2 amide bonds. The molecule has 1 unspecified atom stereocenters. The fourth-order valence-electron chi connectivity index (χ4n) is 3.83. The van der Waals surface area contributed by atoms with Crippen LogP contribution in [-0.4, -0.2) is 57.9 Å². The molecule has 0 aliphatic carbocycles. The van der Waals surface area contributed by atoms with Crippen LogP contribution in [0.15, 0.2) is 47.4 Å². The van der Waals surface area contributed by atoms with Crippen LogP contribution in [-0.2, 0) is 19.6 Å². The van der Waals surface area contributed by atoms with Crippen LogP contribution < -0.4 is 15.8 Å². The first-order valence-electron chi connectivity index (χ1n) is 10.6. The van der Waals surface area contributed by atoms with E-state index in [2.05, 4.69) is 14.9 Å². The van der Waals surface area contributed by atoms with Gasteiger partial charge in [0, 0.05) is 26.1 Å². The Kier molecular flexibility index (Phi) is 8.00. The van der Waals surface area contributed by atoms with Crippen molar-refractivity contribution in [2.45, 2.75) is 30.6 Å². The van der Waals surface area contributed by atoms with Gasteiger partial charge in [-0.2, -0.15) is 0 Å². The molecular weight excluding hydrogens is 416 g/mol. The molecule has 1 saturated heterocycles. The quantitative estimate of drug-likeness (QED) is 0.474. The Hall–Kier alpha value is -2.49. The van der Waals surface area contributed by atoms with E-state index in [1.54, 1.807) is 18.2 Å². The van der Waals surface area contributed by atoms with E-state index in [4.69, 9.17) is 5.73 Å². The number of fused-ring (bicyclic) bond motifs is 1. The number of nitrogens with one attached hydrogen (secondary N) is 2. The molecule has 1 heterocycles. The van der Waals surface area contributed by atoms with Gasteiger partial charge in [0.25, 0.3) is 0 Å². The summed E-state index contributed by atoms with van der Waals surface area (Å²) in [5, 5.41) is 4.63. The maximum absolute atomic E-state index is 12.5. The number of hydrogen-bond acceptors (Lipinski definition) is 5. The SMILES string of the molecule is NC(=O)C1CCCN(CCCNC(=O)CCNS(=O)(=O)c2ccc3ccccc3c2)C1. The van der Waals surface area contributed by atoms with Crippen LogP contribution >= 0.6 is 0 Å². The summed E-state index contributed by atoms with van der Waals surface area (Å²) >= 11 is 0. The van der Waals surface area contributed by atoms with Gasteiger partial charge in [-0.25, -0.2) is 13.1 Å². The third-order valence-corrected chi connectivity index (χ3v) is 7.02. The van der Waals surface area contributed by atoms with Gasteiger partial charge >= 0.3 is 0 Å². The number of benzene rings is 2. The fourth-order valence-corrected chi connectivity index (χ4v) is 4.89. The van der Waals surface area contributed by atoms with Gasteiger partial charge in [0.1, 0.15) is 0 Å². The Balaban J connectivity index is 1.36. The Morgan fingerprint density at radius 2 is 1.87 bits per heavy atom. The second-order valence-corrected chi connectivity index (χ2v) is 9.67. The smallest absolute Gasteiger partial charge is 0.240 e. The minimum atomic E-state index is -3.67. The summed E-state index contributed by atoms with van der Waals surface area (Å²) in [6.07, 6.45) is 2.63. The monoisotopic (exact) mass is 446 g/mol. The molecule has 0 radical (unpaired) electrons. The average Bonchev–Trinajstić information content (AvgIpc) is 2.76. The molecule has 1 atom stereocenters. The lowest BCUT2D eigenvalue weighted by Gasteiger charge is -2.31. The number of piperidine rings is 1. The number of sulfonamides is 1. The minimum Gasteiger partial charge on any atom is -0.369 e. The van der Waals surface area contributed by atoms with Crippen LogP contribution in [0.3, 0.4) is 0 Å². The van der Waals surface area contributed by atoms with E-state index in [9.17, 15) is 18.0 Å². The van der Waals surface area contributed by atoms with E-state index in [0.29, 0.717) is 13.1 Å². The van der Waals surface area contributed by atoms with Crippen molar-refractivity contribution in [1.82, 2.24) is 14.9 Å². The van der Waals surface area contributed by atoms with Gasteiger partial charge < -0.3 is 16.0 Å². The molecule has 3 rings (SSSR count). The predicted molar refractivity (Wildman–Crippen MR) is 120 cm³/mol. The summed E-state index contributed by atoms with van der Waals surface area (Å²) in [7, 11) is -3.67. The third-order valence-electron chi connectivity index (χ3n) is 5.56. The van der Waals surface area contributed by atoms with Crippen molar-refractivity contribution < 1.29 is 18.0 Å². The van der Waals surface area contributed by atoms with Gasteiger partial charge in [0.05, 0.1) is 10.8 Å². The van der Waals surface area contributed by atoms with Crippen LogP contribution in [0.5, 0.6) is 0 Å². The number of amides is 2. The molecule has 168 valence electrons. The molecule has 8 nitrogen and oxygen atoms in total. The number of carbonyl (C=O) groups is 2. The molecule has 0 saturated carbocycles. The molecule has 31 heavy (non-hydrogen) atoms. The molecule has 1 fully saturated rings. The van der Waals surface area contributed by atoms with Crippen molar-refractivity contribution >= 4 is 32.6 Å². The molecule has 0 aromatic heterocycles. The highest BCUT2D eigenvalue weighted by atomic mass is 32.2. The zero-order chi connectivity index (χ0) is 22.3. The summed E-state index contributed by atoms with van der Waals surface area (Å²) in [6.45, 7) is 2.95. The molecule has 9 heteroatoms. The van der Waals surface area contributed by atoms with Crippen LogP contribution in [0, 0.1) is 5.92 Å². The van der Waals surface area contributed by atoms with Gasteiger partial charge in [-0.1, -0.05) is 30.3 Å². The topological polar surface area (TPSA) is 122 Å². The standard InChI is InChI=1S/C22H30N4O4S/c23-22(28)19-7-3-13-26(16-19)14-4-11-24-21(27)10-12-25-31(29,30)20-9-8-17-5-1-2-6-18(17)15-20/h1-2,5-6,8-9,15,19,25H,3-4,7,10-14,16H2,(H2,23,28)(H,24,27). The Labute approximate surface area is 183 Å². The summed E-state index contributed by atoms with van der Waals surface area (Å²) in [6, 6.07) is 12.5. The zero-order valence-electron chi connectivity index (χ0n) is 17.5. The highest BCUT2D eigenvalue weighted by molar-refractivity contribution is 7.89. The second kappa shape index (κ2) is 10.7. The second-order valence-electron chi connectivity index (χ2n) is 7.90. The summed E-state index contributed by atoms with van der Waals surface area (Å²) in [4.78, 5) is 25.7. The molecule has 2 aromatic carbocycles. The van der Waals surface area contributed by atoms with Crippen molar-refractivity contribution in [3.63, 3.8) is 0 Å². The number of rotatable bonds is 10. The van der Waals surface area contributed by atoms with Crippen molar-refractivity contribution in [3.05, 3.63) is 42.5 Å². The highest BCUT2D eigenvalue weighted by Gasteiger charge is 2.23. The predicted octanol–water partition coefficient (Wildman–Crippen LogP) is 1.21. The molecular formula is C22H30N4O4S. The van der Waals surface area contributed by atoms with Crippen molar-refractivity contribution in [1.29, 1.82) is 0 Å². The number of hydrogen-bond donors (Lipinski definition) is 3. The van der Waals surface area contributed by atoms with Crippen molar-refractivity contribution in [2.24, 2.45) is 11.7 Å². The number of carbonyl (C=O) groups excluding carboxylic acids is 2. The van der Waals surface area contributed by atoms with E-state index in [-0.39, 0.29) is 35.6 Å². The first-order chi connectivity index (χ1) is 14.8. The first-order valence-corrected chi connectivity index (χ1v) is 12.1. The lowest BCUT2D eigenvalue weighted by Crippen LogP contribution is -2.42. The van der Waals surface area contributed by atoms with Crippen molar-refractivity contribution in [2.75, 3.05) is 32.7 Å². The first kappa shape index (κ1) is 23.2. The maximum Gasteiger partial charge on any atom is 0.240 e. The van der Waals surface area contributed by atoms with Gasteiger partial charge in [0.15, 0.2) is 0 Å². The summed E-state index contributed by atoms with van der Waals surface area (Å²) in [5.41, 5.74) is 5.39. The molecule has 1 aliphatic rings. The Morgan fingerprint density at radius 3 is 2.65 bits per heavy atom. The average molecular weight is 447 g/mol. The number of nitrogens with two attached hydrogens (primary N) is 1. The Morgan fingerprint density at radius 1 is 1.10 bits per heavy atom. The number of nitrogens with zero attached hydrogens (tertiary/aromatic N) is 1. The minimum absolute atomic E-state index is 0.0351. The van der Waals surface area contributed by atoms with E-state index < -0.39 is 10.0 Å². The van der Waals surface area contributed by atoms with Gasteiger partial charge in [0.2, 0.25) is 21.8 Å². The molecule has 1 aliphatic heterocycles. The molecule has 4 N–H and O–H groups in total. The lowest BCUT2D eigenvalue weighted by atomic mass is 9.97. The Bertz CT molecular complexity index is 1030. The molecule has 0 bridgehead atoms. The highest BCUT2D eigenvalue weighted by Crippen LogP contribution is 2.19. The maximum atomic E-state index is 12.5. The molecule has 0 spiro atoms. The van der Waals surface area contributed by atoms with Crippen LogP contribution in [0.1, 0.15) is 25.7 Å². The fraction of sp³-hybridized carbons (Fsp3) is 0.455. The summed E-state index contributed by atoms with van der Waals surface area (Å²) in [5.74, 6) is -0.530. The van der Waals surface area contributed by atoms with Crippen LogP contribution in [0.4, 0.5) is 0 Å². The number of primary amides is 1. The lowest BCUT2D eigenvalue weighted by molar-refractivity contribution is -0.123. The molecule has 2 aromatic rings. The van der Waals surface area contributed by atoms with E-state index in [1.165, 1.54) is 0 Å². The van der Waals surface area contributed by atoms with Gasteiger partial charge in [-0.15, -0.1) is 0 Å². The van der Waals surface area contributed by atoms with Crippen LogP contribution in [0.2, 0.25) is 0 Å². The number of likely N-dealkylation sites (tertiary alicyclic amines) is 1. The largest absolute Gasteiger partial charge is 0.369 e. The van der Waals surface area contributed by atoms with Gasteiger partial charge in [-0.3, -0.25) is 9.59 Å². The van der Waals surface area contributed by atoms with E-state index in [1.807, 2.05) is 24.3 Å². The zero-order valence-corrected chi connectivity index (χ0v) is 18.4. The van der Waals surface area contributed by atoms with Crippen molar-refractivity contribution in [3.8, 4) is 0 Å². The van der Waals surface area contributed by atoms with Crippen LogP contribution in [0.25, 0.3) is 10.8 Å². The van der Waals surface area contributed by atoms with Gasteiger partial charge in [-0.05, 0) is 55.3 Å².